The number of methoxy groups -OCH3 is 1. The number of aromatic nitrogens is 2. The number of hydrogen-bond donors (Lipinski definition) is 1. The van der Waals surface area contributed by atoms with E-state index in [2.05, 4.69) is 4.98 Å². The van der Waals surface area contributed by atoms with Crippen molar-refractivity contribution in [1.29, 1.82) is 0 Å². The van der Waals surface area contributed by atoms with Gasteiger partial charge in [-0.2, -0.15) is 0 Å². The van der Waals surface area contributed by atoms with Crippen molar-refractivity contribution in [3.05, 3.63) is 42.9 Å². The molecule has 2 amide bonds. The Bertz CT molecular complexity index is 1950. The third-order valence-corrected chi connectivity index (χ3v) is 13.7. The van der Waals surface area contributed by atoms with Gasteiger partial charge in [0.05, 0.1) is 41.9 Å². The van der Waals surface area contributed by atoms with E-state index in [1.54, 1.807) is 54.9 Å². The predicted molar refractivity (Wildman–Crippen MR) is 226 cm³/mol. The smallest absolute Gasteiger partial charge is 0.410 e. The molecule has 0 unspecified atom stereocenters. The Kier molecular flexibility index (Phi) is 14.8. The Morgan fingerprint density at radius 1 is 1.02 bits per heavy atom. The largest absolute Gasteiger partial charge is 0.455 e. The number of hydrogen-bond acceptors (Lipinski definition) is 12. The van der Waals surface area contributed by atoms with Gasteiger partial charge >= 0.3 is 12.1 Å². The third kappa shape index (κ3) is 9.48. The maximum atomic E-state index is 17.0. The fraction of sp³-hybridized carbons (Fsp3) is 0.696. The number of aryl methyl sites for hydroxylation is 1. The van der Waals surface area contributed by atoms with Crippen molar-refractivity contribution in [1.82, 2.24) is 19.4 Å². The summed E-state index contributed by atoms with van der Waals surface area (Å²) in [7, 11) is 2.92. The number of esters is 1. The number of ketones is 2. The minimum atomic E-state index is -3.24. The van der Waals surface area contributed by atoms with Gasteiger partial charge in [0.25, 0.3) is 5.67 Å². The Morgan fingerprint density at radius 3 is 2.27 bits per heavy atom. The summed E-state index contributed by atoms with van der Waals surface area (Å²) in [6, 6.07) is 8.10. The van der Waals surface area contributed by atoms with Crippen molar-refractivity contribution in [2.45, 2.75) is 167 Å². The van der Waals surface area contributed by atoms with Crippen LogP contribution < -0.4 is 0 Å². The number of unbranched alkanes of at least 4 members (excludes halogenated alkanes) is 1. The summed E-state index contributed by atoms with van der Waals surface area (Å²) >= 11 is 0. The summed E-state index contributed by atoms with van der Waals surface area (Å²) in [5.74, 6) is -8.27. The van der Waals surface area contributed by atoms with Gasteiger partial charge in [0.2, 0.25) is 5.91 Å². The summed E-state index contributed by atoms with van der Waals surface area (Å²) in [5, 5.41) is 11.8. The molecule has 0 spiro atoms. The fourth-order valence-electron chi connectivity index (χ4n) is 9.98. The summed E-state index contributed by atoms with van der Waals surface area (Å²) < 4.78 is 50.0. The monoisotopic (exact) mass is 870 g/mol. The number of cyclic esters (lactones) is 1. The molecular weight excluding hydrogens is 804 g/mol. The van der Waals surface area contributed by atoms with Gasteiger partial charge in [-0.05, 0) is 66.7 Å². The number of alkyl halides is 1. The van der Waals surface area contributed by atoms with Gasteiger partial charge in [0.15, 0.2) is 17.2 Å². The number of aliphatic hydroxyl groups is 1. The second-order valence-corrected chi connectivity index (χ2v) is 18.4. The molecule has 62 heavy (non-hydrogen) atoms. The van der Waals surface area contributed by atoms with Gasteiger partial charge in [0.1, 0.15) is 18.0 Å². The highest BCUT2D eigenvalue weighted by Crippen LogP contribution is 2.45. The van der Waals surface area contributed by atoms with Gasteiger partial charge in [0, 0.05) is 63.7 Å². The summed E-state index contributed by atoms with van der Waals surface area (Å²) in [6.45, 7) is 15.9. The van der Waals surface area contributed by atoms with Crippen molar-refractivity contribution < 1.29 is 57.2 Å². The third-order valence-electron chi connectivity index (χ3n) is 13.7. The molecule has 3 aliphatic heterocycles. The molecule has 1 aromatic carbocycles. The van der Waals surface area contributed by atoms with Crippen molar-refractivity contribution in [3.8, 4) is 11.3 Å². The molecule has 4 heterocycles. The molecule has 0 saturated carbocycles. The zero-order chi connectivity index (χ0) is 46.1. The molecule has 2 aromatic rings. The first-order valence-electron chi connectivity index (χ1n) is 21.8. The summed E-state index contributed by atoms with van der Waals surface area (Å²) in [5.41, 5.74) is -4.57. The van der Waals surface area contributed by atoms with E-state index in [-0.39, 0.29) is 37.5 Å². The van der Waals surface area contributed by atoms with E-state index >= 15 is 4.39 Å². The molecule has 0 aliphatic carbocycles. The van der Waals surface area contributed by atoms with E-state index < -0.39 is 94.8 Å². The van der Waals surface area contributed by atoms with Crippen molar-refractivity contribution in [3.63, 3.8) is 0 Å². The van der Waals surface area contributed by atoms with E-state index in [1.165, 1.54) is 37.7 Å². The number of imidazole rings is 1. The maximum Gasteiger partial charge on any atom is 0.410 e. The highest BCUT2D eigenvalue weighted by atomic mass is 19.1. The Labute approximate surface area is 364 Å². The molecule has 0 radical (unpaired) electrons. The van der Waals surface area contributed by atoms with Gasteiger partial charge < -0.3 is 43.2 Å². The Morgan fingerprint density at radius 2 is 1.66 bits per heavy atom. The van der Waals surface area contributed by atoms with E-state index in [9.17, 15) is 29.1 Å². The number of amides is 2. The van der Waals surface area contributed by atoms with Crippen LogP contribution in [0.3, 0.4) is 0 Å². The molecule has 3 aliphatic rings. The second-order valence-electron chi connectivity index (χ2n) is 18.4. The highest BCUT2D eigenvalue weighted by Gasteiger charge is 2.62. The van der Waals surface area contributed by atoms with E-state index in [1.807, 2.05) is 41.1 Å². The van der Waals surface area contributed by atoms with Crippen LogP contribution >= 0.6 is 0 Å². The number of nitrogens with zero attached hydrogens (tertiary/aromatic N) is 4. The molecule has 0 bridgehead atoms. The molecule has 3 saturated heterocycles. The number of likely N-dealkylation sites (N-methyl/N-ethyl adjacent to an activating group) is 1. The number of aliphatic hydroxyl groups excluding tert-OH is 1. The van der Waals surface area contributed by atoms with Crippen LogP contribution in [0.1, 0.15) is 101 Å². The quantitative estimate of drug-likeness (QED) is 0.160. The summed E-state index contributed by atoms with van der Waals surface area (Å²) in [6.07, 6.45) is -0.188. The van der Waals surface area contributed by atoms with Crippen LogP contribution in [0.4, 0.5) is 9.18 Å². The average Bonchev–Trinajstić information content (AvgIpc) is 3.81. The van der Waals surface area contributed by atoms with Gasteiger partial charge in [-0.1, -0.05) is 58.0 Å². The van der Waals surface area contributed by atoms with Crippen molar-refractivity contribution in [2.75, 3.05) is 20.7 Å². The summed E-state index contributed by atoms with van der Waals surface area (Å²) in [4.78, 5) is 77.0. The first kappa shape index (κ1) is 48.8. The lowest BCUT2D eigenvalue weighted by atomic mass is 9.73. The molecule has 3 fully saturated rings. The fourth-order valence-corrected chi connectivity index (χ4v) is 9.98. The SMILES string of the molecule is CC[C@H]1OC(=O)[C@@](C)(F)C(=O)[C@H](C)[C@@H](O[C@]2(C)O[C@H](C)C[C@H](N(C)C(C)=O)[C@H]2O)[C@](C)(OC)C[C@@H](C)C(=O)[C@H](C)[C@H]2N(CCCCn3cnc(-c4ccccc4)c3)C(=O)O[C@]12C. The van der Waals surface area contributed by atoms with Gasteiger partial charge in [-0.25, -0.2) is 19.0 Å². The Balaban J connectivity index is 1.48. The number of carbonyl (C=O) groups excluding carboxylic acids is 5. The number of fused-ring (bicyclic) bond motifs is 1. The number of Topliss-reactive ketones (excluding diaryl/α,β-unsaturated/α-hetero) is 2. The van der Waals surface area contributed by atoms with Crippen LogP contribution in [0.5, 0.6) is 0 Å². The highest BCUT2D eigenvalue weighted by molar-refractivity contribution is 6.08. The van der Waals surface area contributed by atoms with Crippen molar-refractivity contribution in [2.24, 2.45) is 17.8 Å². The second kappa shape index (κ2) is 18.8. The minimum absolute atomic E-state index is 0.0633. The zero-order valence-electron chi connectivity index (χ0n) is 38.4. The van der Waals surface area contributed by atoms with E-state index in [0.717, 1.165) is 18.2 Å². The minimum Gasteiger partial charge on any atom is -0.455 e. The molecule has 1 aromatic heterocycles. The predicted octanol–water partition coefficient (Wildman–Crippen LogP) is 5.93. The van der Waals surface area contributed by atoms with E-state index in [0.29, 0.717) is 19.4 Å². The molecule has 15 nitrogen and oxygen atoms in total. The lowest BCUT2D eigenvalue weighted by molar-refractivity contribution is -0.353. The number of halogens is 1. The lowest BCUT2D eigenvalue weighted by Gasteiger charge is -2.52. The Hall–Kier alpha value is -4.25. The van der Waals surface area contributed by atoms with Crippen LogP contribution in [0.25, 0.3) is 11.3 Å². The standard InChI is InChI=1S/C46H67FN4O11/c1-13-35-45(9)37(51(42(57)62-45)22-18-17-21-50-25-33(48-26-50)32-19-15-14-16-20-32)29(4)36(53)27(2)24-43(7,58-12)40(30(5)38(54)44(8,47)41(56)59-35)61-46(10)39(55)34(23-28(3)60-46)49(11)31(6)52/h14-16,19-20,25-30,34-35,37,39-40,55H,13,17-18,21-24H2,1-12H3/t27-,28-,29+,30+,34+,35-,37-,39-,40-,43-,44+,45-,46+/m1/s1. The normalized spacial score (nSPS) is 37.3. The van der Waals surface area contributed by atoms with Crippen LogP contribution in [-0.2, 0) is 49.4 Å². The first-order valence-corrected chi connectivity index (χ1v) is 21.8. The number of benzene rings is 1. The van der Waals surface area contributed by atoms with Crippen molar-refractivity contribution >= 4 is 29.5 Å². The molecule has 16 heteroatoms. The molecular formula is C46H67FN4O11. The lowest BCUT2D eigenvalue weighted by Crippen LogP contribution is -2.66. The van der Waals surface area contributed by atoms with Gasteiger partial charge in [-0.15, -0.1) is 0 Å². The maximum absolute atomic E-state index is 17.0. The van der Waals surface area contributed by atoms with Gasteiger partial charge in [-0.3, -0.25) is 14.4 Å². The average molecular weight is 871 g/mol. The zero-order valence-corrected chi connectivity index (χ0v) is 38.4. The number of rotatable bonds is 11. The molecule has 344 valence electrons. The van der Waals surface area contributed by atoms with Crippen LogP contribution in [0, 0.1) is 17.8 Å². The topological polar surface area (TPSA) is 176 Å². The van der Waals surface area contributed by atoms with E-state index in [4.69, 9.17) is 23.7 Å². The molecule has 5 rings (SSSR count). The van der Waals surface area contributed by atoms with Crippen LogP contribution in [0.15, 0.2) is 42.9 Å². The molecule has 1 N–H and O–H groups in total. The number of carbonyl (C=O) groups is 5. The van der Waals surface area contributed by atoms with Crippen LogP contribution in [-0.4, -0.2) is 134 Å². The number of ether oxygens (including phenoxy) is 5. The van der Waals surface area contributed by atoms with Crippen LogP contribution in [0.2, 0.25) is 0 Å². The first-order chi connectivity index (χ1) is 28.9. The molecule has 13 atom stereocenters.